The van der Waals surface area contributed by atoms with Gasteiger partial charge in [-0.2, -0.15) is 4.37 Å². The molecule has 8 heteroatoms. The Hall–Kier alpha value is -0.960. The molecule has 17 heavy (non-hydrogen) atoms. The van der Waals surface area contributed by atoms with Gasteiger partial charge >= 0.3 is 0 Å². The van der Waals surface area contributed by atoms with Crippen LogP contribution in [0.1, 0.15) is 0 Å². The minimum absolute atomic E-state index is 0.0131. The standard InChI is InChI=1S/C9H15N3O4S/c13-5-7(14)6-16-9-8(10-17-11-9)12-1-3-15-4-2-12/h7,13-14H,1-6H2. The van der Waals surface area contributed by atoms with Gasteiger partial charge in [0.2, 0.25) is 5.82 Å². The Morgan fingerprint density at radius 1 is 1.41 bits per heavy atom. The summed E-state index contributed by atoms with van der Waals surface area (Å²) >= 11 is 1.07. The summed E-state index contributed by atoms with van der Waals surface area (Å²) in [5.74, 6) is 1.09. The molecule has 0 bridgehead atoms. The van der Waals surface area contributed by atoms with Crippen LogP contribution in [0.25, 0.3) is 0 Å². The van der Waals surface area contributed by atoms with Gasteiger partial charge in [-0.1, -0.05) is 0 Å². The molecular weight excluding hydrogens is 246 g/mol. The molecule has 1 aromatic heterocycles. The van der Waals surface area contributed by atoms with Crippen molar-refractivity contribution in [3.05, 3.63) is 0 Å². The number of nitrogens with zero attached hydrogens (tertiary/aromatic N) is 3. The summed E-state index contributed by atoms with van der Waals surface area (Å²) in [5.41, 5.74) is 0. The van der Waals surface area contributed by atoms with Gasteiger partial charge in [0.05, 0.1) is 31.5 Å². The third-order valence-electron chi connectivity index (χ3n) is 2.38. The Bertz CT molecular complexity index is 343. The van der Waals surface area contributed by atoms with Gasteiger partial charge in [0, 0.05) is 13.1 Å². The summed E-state index contributed by atoms with van der Waals surface area (Å²) in [7, 11) is 0. The van der Waals surface area contributed by atoms with Gasteiger partial charge in [0.15, 0.2) is 0 Å². The molecule has 1 unspecified atom stereocenters. The van der Waals surface area contributed by atoms with Gasteiger partial charge in [0.25, 0.3) is 5.88 Å². The highest BCUT2D eigenvalue weighted by atomic mass is 32.1. The summed E-state index contributed by atoms with van der Waals surface area (Å²) in [6.45, 7) is 2.52. The lowest BCUT2D eigenvalue weighted by molar-refractivity contribution is 0.0523. The van der Waals surface area contributed by atoms with Crippen molar-refractivity contribution in [3.8, 4) is 5.88 Å². The molecule has 1 saturated heterocycles. The van der Waals surface area contributed by atoms with E-state index in [1.54, 1.807) is 0 Å². The van der Waals surface area contributed by atoms with E-state index >= 15 is 0 Å². The number of aliphatic hydroxyl groups excluding tert-OH is 2. The highest BCUT2D eigenvalue weighted by molar-refractivity contribution is 6.99. The van der Waals surface area contributed by atoms with Crippen LogP contribution in [0.4, 0.5) is 5.82 Å². The molecule has 0 radical (unpaired) electrons. The van der Waals surface area contributed by atoms with Crippen molar-refractivity contribution in [2.24, 2.45) is 0 Å². The van der Waals surface area contributed by atoms with Crippen molar-refractivity contribution in [1.29, 1.82) is 0 Å². The fourth-order valence-corrected chi connectivity index (χ4v) is 1.98. The maximum atomic E-state index is 9.20. The summed E-state index contributed by atoms with van der Waals surface area (Å²) in [6, 6.07) is 0. The Balaban J connectivity index is 1.95. The summed E-state index contributed by atoms with van der Waals surface area (Å²) in [6.07, 6.45) is -0.894. The van der Waals surface area contributed by atoms with Gasteiger partial charge in [-0.15, -0.1) is 4.37 Å². The van der Waals surface area contributed by atoms with E-state index < -0.39 is 6.10 Å². The minimum Gasteiger partial charge on any atom is -0.472 e. The zero-order valence-corrected chi connectivity index (χ0v) is 10.1. The summed E-state index contributed by atoms with van der Waals surface area (Å²) < 4.78 is 18.8. The first-order valence-electron chi connectivity index (χ1n) is 5.38. The van der Waals surface area contributed by atoms with E-state index in [1.807, 2.05) is 4.90 Å². The van der Waals surface area contributed by atoms with E-state index in [0.29, 0.717) is 24.9 Å². The van der Waals surface area contributed by atoms with Crippen LogP contribution in [0, 0.1) is 0 Å². The zero-order valence-electron chi connectivity index (χ0n) is 9.28. The van der Waals surface area contributed by atoms with E-state index in [2.05, 4.69) is 8.75 Å². The molecule has 0 aliphatic carbocycles. The van der Waals surface area contributed by atoms with Crippen LogP contribution in [0.15, 0.2) is 0 Å². The molecule has 1 aliphatic rings. The first-order chi connectivity index (χ1) is 8.31. The Labute approximate surface area is 103 Å². The van der Waals surface area contributed by atoms with Gasteiger partial charge in [-0.05, 0) is 0 Å². The molecule has 2 heterocycles. The van der Waals surface area contributed by atoms with Crippen LogP contribution < -0.4 is 9.64 Å². The number of aliphatic hydroxyl groups is 2. The molecule has 7 nitrogen and oxygen atoms in total. The van der Waals surface area contributed by atoms with Gasteiger partial charge in [0.1, 0.15) is 12.7 Å². The molecule has 0 saturated carbocycles. The maximum absolute atomic E-state index is 9.20. The number of aromatic nitrogens is 2. The number of morpholine rings is 1. The van der Waals surface area contributed by atoms with E-state index in [4.69, 9.17) is 14.6 Å². The minimum atomic E-state index is -0.894. The predicted molar refractivity (Wildman–Crippen MR) is 61.5 cm³/mol. The summed E-state index contributed by atoms with van der Waals surface area (Å²) in [4.78, 5) is 2.04. The fourth-order valence-electron chi connectivity index (χ4n) is 1.46. The Morgan fingerprint density at radius 3 is 2.88 bits per heavy atom. The predicted octanol–water partition coefficient (Wildman–Crippen LogP) is -0.893. The molecule has 2 N–H and O–H groups in total. The van der Waals surface area contributed by atoms with Crippen LogP contribution in [0.3, 0.4) is 0 Å². The van der Waals surface area contributed by atoms with Crippen LogP contribution in [-0.4, -0.2) is 64.6 Å². The smallest absolute Gasteiger partial charge is 0.270 e. The van der Waals surface area contributed by atoms with Crippen LogP contribution >= 0.6 is 11.7 Å². The van der Waals surface area contributed by atoms with Gasteiger partial charge < -0.3 is 24.6 Å². The van der Waals surface area contributed by atoms with Crippen molar-refractivity contribution in [3.63, 3.8) is 0 Å². The lowest BCUT2D eigenvalue weighted by Crippen LogP contribution is -2.36. The topological polar surface area (TPSA) is 87.9 Å². The number of anilines is 1. The number of hydrogen-bond acceptors (Lipinski definition) is 8. The van der Waals surface area contributed by atoms with Crippen LogP contribution in [-0.2, 0) is 4.74 Å². The first-order valence-corrected chi connectivity index (χ1v) is 6.11. The van der Waals surface area contributed by atoms with E-state index in [1.165, 1.54) is 0 Å². The first kappa shape index (κ1) is 12.5. The van der Waals surface area contributed by atoms with E-state index in [0.717, 1.165) is 24.8 Å². The highest BCUT2D eigenvalue weighted by Gasteiger charge is 2.20. The average molecular weight is 261 g/mol. The molecule has 0 spiro atoms. The second-order valence-electron chi connectivity index (χ2n) is 3.64. The molecule has 0 amide bonds. The number of ether oxygens (including phenoxy) is 2. The number of rotatable bonds is 5. The highest BCUT2D eigenvalue weighted by Crippen LogP contribution is 2.26. The second-order valence-corrected chi connectivity index (χ2v) is 4.17. The van der Waals surface area contributed by atoms with Crippen molar-refractivity contribution in [1.82, 2.24) is 8.75 Å². The third-order valence-corrected chi connectivity index (χ3v) is 2.88. The fraction of sp³-hybridized carbons (Fsp3) is 0.778. The normalized spacial score (nSPS) is 18.1. The van der Waals surface area contributed by atoms with Crippen molar-refractivity contribution < 1.29 is 19.7 Å². The molecular formula is C9H15N3O4S. The quantitative estimate of drug-likeness (QED) is 0.710. The average Bonchev–Trinajstić information content (AvgIpc) is 2.85. The lowest BCUT2D eigenvalue weighted by atomic mass is 10.4. The molecule has 1 aliphatic heterocycles. The molecule has 1 fully saturated rings. The third kappa shape index (κ3) is 3.25. The van der Waals surface area contributed by atoms with E-state index in [9.17, 15) is 5.11 Å². The second kappa shape index (κ2) is 6.10. The van der Waals surface area contributed by atoms with Crippen LogP contribution in [0.2, 0.25) is 0 Å². The largest absolute Gasteiger partial charge is 0.472 e. The monoisotopic (exact) mass is 261 g/mol. The lowest BCUT2D eigenvalue weighted by Gasteiger charge is -2.26. The van der Waals surface area contributed by atoms with E-state index in [-0.39, 0.29) is 13.2 Å². The number of hydrogen-bond donors (Lipinski definition) is 2. The molecule has 1 atom stereocenters. The molecule has 2 rings (SSSR count). The maximum Gasteiger partial charge on any atom is 0.270 e. The van der Waals surface area contributed by atoms with Gasteiger partial charge in [-0.25, -0.2) is 0 Å². The van der Waals surface area contributed by atoms with Gasteiger partial charge in [-0.3, -0.25) is 0 Å². The molecule has 1 aromatic rings. The van der Waals surface area contributed by atoms with Crippen molar-refractivity contribution in [2.75, 3.05) is 44.4 Å². The SMILES string of the molecule is OCC(O)COc1nsnc1N1CCOCC1. The Kier molecular flexibility index (Phi) is 4.49. The molecule has 0 aromatic carbocycles. The molecule has 96 valence electrons. The van der Waals surface area contributed by atoms with Crippen molar-refractivity contribution >= 4 is 17.5 Å². The Morgan fingerprint density at radius 2 is 2.18 bits per heavy atom. The van der Waals surface area contributed by atoms with Crippen molar-refractivity contribution in [2.45, 2.75) is 6.10 Å². The zero-order chi connectivity index (χ0) is 12.1. The van der Waals surface area contributed by atoms with Crippen LogP contribution in [0.5, 0.6) is 5.88 Å². The summed E-state index contributed by atoms with van der Waals surface area (Å²) in [5, 5.41) is 17.9.